The van der Waals surface area contributed by atoms with Crippen molar-refractivity contribution in [1.29, 1.82) is 0 Å². The third-order valence-corrected chi connectivity index (χ3v) is 0.655. The van der Waals surface area contributed by atoms with Crippen LogP contribution in [0.1, 0.15) is 6.42 Å². The van der Waals surface area contributed by atoms with Crippen molar-refractivity contribution in [3.05, 3.63) is 31.2 Å². The number of allylic oxidation sites excluding steroid dienone is 4. The van der Waals surface area contributed by atoms with Gasteiger partial charge in [0.2, 0.25) is 0 Å². The van der Waals surface area contributed by atoms with E-state index in [1.807, 2.05) is 5.92 Å². The van der Waals surface area contributed by atoms with Gasteiger partial charge in [-0.25, -0.2) is 0 Å². The molecule has 1 rings (SSSR count). The fourth-order valence-corrected chi connectivity index (χ4v) is 0.393. The molecule has 1 aliphatic carbocycles. The number of terminal acetylenes is 1. The SMILES string of the molecule is C#C[CH2-].C1=CCC=C1.[Li+]. The molecule has 0 aromatic heterocycles. The molecule has 1 aliphatic rings. The van der Waals surface area contributed by atoms with Crippen LogP contribution in [0.2, 0.25) is 0 Å². The van der Waals surface area contributed by atoms with E-state index >= 15 is 0 Å². The first-order valence-corrected chi connectivity index (χ1v) is 2.46. The van der Waals surface area contributed by atoms with Crippen molar-refractivity contribution in [1.82, 2.24) is 0 Å². The summed E-state index contributed by atoms with van der Waals surface area (Å²) >= 11 is 0. The van der Waals surface area contributed by atoms with Crippen LogP contribution >= 0.6 is 0 Å². The zero-order valence-electron chi connectivity index (χ0n) is 5.80. The van der Waals surface area contributed by atoms with Crippen LogP contribution in [0.5, 0.6) is 0 Å². The predicted octanol–water partition coefficient (Wildman–Crippen LogP) is -1.04. The van der Waals surface area contributed by atoms with Crippen molar-refractivity contribution in [3.63, 3.8) is 0 Å². The van der Waals surface area contributed by atoms with Crippen molar-refractivity contribution in [2.45, 2.75) is 6.42 Å². The molecular weight excluding hydrogens is 103 g/mol. The smallest absolute Gasteiger partial charge is 0.345 e. The van der Waals surface area contributed by atoms with Gasteiger partial charge in [0.1, 0.15) is 0 Å². The molecule has 0 bridgehead atoms. The molecule has 0 N–H and O–H groups in total. The molecule has 0 heterocycles. The molecule has 0 unspecified atom stereocenters. The second-order valence-corrected chi connectivity index (χ2v) is 1.30. The summed E-state index contributed by atoms with van der Waals surface area (Å²) in [6.07, 6.45) is 14.0. The Labute approximate surface area is 69.2 Å². The summed E-state index contributed by atoms with van der Waals surface area (Å²) in [7, 11) is 0. The fourth-order valence-electron chi connectivity index (χ4n) is 0.393. The first-order valence-electron chi connectivity index (χ1n) is 2.46. The van der Waals surface area contributed by atoms with E-state index in [9.17, 15) is 0 Å². The van der Waals surface area contributed by atoms with Gasteiger partial charge in [-0.3, -0.25) is 0 Å². The van der Waals surface area contributed by atoms with Gasteiger partial charge < -0.3 is 12.3 Å². The van der Waals surface area contributed by atoms with Gasteiger partial charge in [-0.15, -0.1) is 0 Å². The standard InChI is InChI=1S/C5H6.C3H3.Li/c1-2-4-5-3-1;1-3-2;/h1-4H,5H2;1H,2H2;/q;-1;+1. The molecule has 0 saturated heterocycles. The van der Waals surface area contributed by atoms with E-state index in [-0.39, 0.29) is 18.9 Å². The molecule has 42 valence electrons. The van der Waals surface area contributed by atoms with E-state index in [2.05, 4.69) is 37.7 Å². The first kappa shape index (κ1) is 11.3. The zero-order valence-corrected chi connectivity index (χ0v) is 5.80. The van der Waals surface area contributed by atoms with Crippen LogP contribution in [0.25, 0.3) is 0 Å². The van der Waals surface area contributed by atoms with Crippen molar-refractivity contribution < 1.29 is 18.9 Å². The van der Waals surface area contributed by atoms with Crippen LogP contribution in [0.4, 0.5) is 0 Å². The monoisotopic (exact) mass is 112 g/mol. The molecule has 0 fully saturated rings. The maximum Gasteiger partial charge on any atom is 1.00 e. The summed E-state index contributed by atoms with van der Waals surface area (Å²) in [4.78, 5) is 0. The van der Waals surface area contributed by atoms with Crippen LogP contribution in [0, 0.1) is 19.3 Å². The Hall–Kier alpha value is -0.493. The quantitative estimate of drug-likeness (QED) is 0.213. The molecular formula is C8H9Li. The molecule has 0 radical (unpaired) electrons. The number of rotatable bonds is 0. The Balaban J connectivity index is 0. The Bertz CT molecular complexity index is 116. The topological polar surface area (TPSA) is 0 Å². The van der Waals surface area contributed by atoms with Gasteiger partial charge in [-0.2, -0.15) is 6.92 Å². The van der Waals surface area contributed by atoms with Crippen molar-refractivity contribution in [2.24, 2.45) is 0 Å². The molecule has 1 heteroatoms. The van der Waals surface area contributed by atoms with E-state index in [1.54, 1.807) is 0 Å². The van der Waals surface area contributed by atoms with Gasteiger partial charge in [0.25, 0.3) is 0 Å². The molecule has 0 aromatic rings. The second-order valence-electron chi connectivity index (χ2n) is 1.30. The van der Waals surface area contributed by atoms with Crippen LogP contribution < -0.4 is 18.9 Å². The molecule has 9 heavy (non-hydrogen) atoms. The van der Waals surface area contributed by atoms with Gasteiger partial charge in [0.05, 0.1) is 0 Å². The fraction of sp³-hybridized carbons (Fsp3) is 0.125. The Morgan fingerprint density at radius 1 is 1.33 bits per heavy atom. The Morgan fingerprint density at radius 2 is 1.67 bits per heavy atom. The van der Waals surface area contributed by atoms with E-state index in [0.29, 0.717) is 0 Å². The summed E-state index contributed by atoms with van der Waals surface area (Å²) in [5.74, 6) is 2.00. The van der Waals surface area contributed by atoms with Crippen LogP contribution in [-0.2, 0) is 0 Å². The van der Waals surface area contributed by atoms with E-state index < -0.39 is 0 Å². The van der Waals surface area contributed by atoms with Gasteiger partial charge >= 0.3 is 18.9 Å². The Kier molecular flexibility index (Phi) is 13.2. The summed E-state index contributed by atoms with van der Waals surface area (Å²) < 4.78 is 0. The Morgan fingerprint density at radius 3 is 1.78 bits per heavy atom. The minimum absolute atomic E-state index is 0. The maximum absolute atomic E-state index is 4.49. The van der Waals surface area contributed by atoms with Crippen molar-refractivity contribution in [3.8, 4) is 12.3 Å². The summed E-state index contributed by atoms with van der Waals surface area (Å²) in [5.41, 5.74) is 0. The van der Waals surface area contributed by atoms with Gasteiger partial charge in [0, 0.05) is 0 Å². The average molecular weight is 112 g/mol. The largest absolute Gasteiger partial charge is 1.00 e. The molecule has 0 saturated carbocycles. The van der Waals surface area contributed by atoms with Gasteiger partial charge in [-0.1, -0.05) is 24.3 Å². The summed E-state index contributed by atoms with van der Waals surface area (Å²) in [5, 5.41) is 0. The molecule has 0 nitrogen and oxygen atoms in total. The van der Waals surface area contributed by atoms with Crippen LogP contribution in [0.15, 0.2) is 24.3 Å². The summed E-state index contributed by atoms with van der Waals surface area (Å²) in [6, 6.07) is 0. The molecule has 0 aliphatic heterocycles. The summed E-state index contributed by atoms with van der Waals surface area (Å²) in [6.45, 7) is 3.01. The number of hydrogen-bond acceptors (Lipinski definition) is 0. The van der Waals surface area contributed by atoms with Crippen molar-refractivity contribution >= 4 is 0 Å². The molecule has 0 amide bonds. The van der Waals surface area contributed by atoms with E-state index in [4.69, 9.17) is 0 Å². The maximum atomic E-state index is 4.49. The minimum Gasteiger partial charge on any atom is -0.345 e. The third kappa shape index (κ3) is 11.2. The normalized spacial score (nSPS) is 10.6. The number of hydrogen-bond donors (Lipinski definition) is 0. The molecule has 0 aromatic carbocycles. The van der Waals surface area contributed by atoms with Crippen LogP contribution in [-0.4, -0.2) is 0 Å². The average Bonchev–Trinajstić information content (AvgIpc) is 2.17. The van der Waals surface area contributed by atoms with E-state index in [1.165, 1.54) is 0 Å². The van der Waals surface area contributed by atoms with E-state index in [0.717, 1.165) is 6.42 Å². The second kappa shape index (κ2) is 10.5. The van der Waals surface area contributed by atoms with Gasteiger partial charge in [0.15, 0.2) is 0 Å². The zero-order chi connectivity index (χ0) is 6.24. The predicted molar refractivity (Wildman–Crippen MR) is 37.1 cm³/mol. The van der Waals surface area contributed by atoms with Gasteiger partial charge in [-0.05, 0) is 6.42 Å². The third-order valence-electron chi connectivity index (χ3n) is 0.655. The van der Waals surface area contributed by atoms with Crippen molar-refractivity contribution in [2.75, 3.05) is 0 Å². The first-order chi connectivity index (χ1) is 3.91. The molecule has 0 spiro atoms. The minimum atomic E-state index is 0. The molecule has 0 atom stereocenters. The van der Waals surface area contributed by atoms with Crippen LogP contribution in [0.3, 0.4) is 0 Å².